The number of hydrogen-bond donors (Lipinski definition) is 0. The summed E-state index contributed by atoms with van der Waals surface area (Å²) in [6.07, 6.45) is 0. The van der Waals surface area contributed by atoms with Crippen LogP contribution in [0.1, 0.15) is 0 Å². The van der Waals surface area contributed by atoms with Gasteiger partial charge in [-0.2, -0.15) is 0 Å². The highest BCUT2D eigenvalue weighted by Gasteiger charge is 2.35. The quantitative estimate of drug-likeness (QED) is 0.553. The molecule has 0 radical (unpaired) electrons. The van der Waals surface area contributed by atoms with Crippen LogP contribution in [0.5, 0.6) is 5.88 Å². The molecule has 1 heterocycles. The van der Waals surface area contributed by atoms with E-state index in [4.69, 9.17) is 9.47 Å². The third-order valence-electron chi connectivity index (χ3n) is 2.38. The SMILES string of the molecule is COCCOc1no[n+]([O-])c1S(=O)(=O)c1ccccc1. The van der Waals surface area contributed by atoms with Gasteiger partial charge in [-0.15, -0.1) is 0 Å². The Morgan fingerprint density at radius 3 is 2.65 bits per heavy atom. The fourth-order valence-electron chi connectivity index (χ4n) is 1.46. The Balaban J connectivity index is 2.39. The number of methoxy groups -OCH3 is 1. The Morgan fingerprint density at radius 1 is 1.30 bits per heavy atom. The normalized spacial score (nSPS) is 11.4. The molecule has 108 valence electrons. The van der Waals surface area contributed by atoms with Gasteiger partial charge in [-0.1, -0.05) is 18.2 Å². The molecule has 0 spiro atoms. The Morgan fingerprint density at radius 2 is 2.00 bits per heavy atom. The maximum atomic E-state index is 12.3. The van der Waals surface area contributed by atoms with E-state index in [0.29, 0.717) is 0 Å². The van der Waals surface area contributed by atoms with Crippen LogP contribution in [0, 0.1) is 5.21 Å². The lowest BCUT2D eigenvalue weighted by Gasteiger charge is -2.02. The molecule has 0 bridgehead atoms. The van der Waals surface area contributed by atoms with Crippen molar-refractivity contribution in [3.8, 4) is 5.88 Å². The molecule has 0 aliphatic heterocycles. The summed E-state index contributed by atoms with van der Waals surface area (Å²) >= 11 is 0. The summed E-state index contributed by atoms with van der Waals surface area (Å²) in [5, 5.41) is 14.1. The van der Waals surface area contributed by atoms with Gasteiger partial charge in [-0.3, -0.25) is 4.63 Å². The van der Waals surface area contributed by atoms with Crippen molar-refractivity contribution in [3.63, 3.8) is 0 Å². The van der Waals surface area contributed by atoms with Crippen LogP contribution in [0.4, 0.5) is 0 Å². The summed E-state index contributed by atoms with van der Waals surface area (Å²) in [7, 11) is -2.61. The molecule has 0 saturated carbocycles. The molecule has 8 nitrogen and oxygen atoms in total. The number of rotatable bonds is 6. The van der Waals surface area contributed by atoms with E-state index in [-0.39, 0.29) is 28.9 Å². The average molecular weight is 300 g/mol. The first-order valence-corrected chi connectivity index (χ1v) is 7.07. The Labute approximate surface area is 115 Å². The predicted octanol–water partition coefficient (Wildman–Crippen LogP) is 0.166. The van der Waals surface area contributed by atoms with Gasteiger partial charge in [0, 0.05) is 7.11 Å². The molecule has 9 heteroatoms. The van der Waals surface area contributed by atoms with E-state index in [1.165, 1.54) is 19.2 Å². The van der Waals surface area contributed by atoms with E-state index in [2.05, 4.69) is 9.79 Å². The zero-order valence-corrected chi connectivity index (χ0v) is 11.4. The van der Waals surface area contributed by atoms with Crippen molar-refractivity contribution in [2.24, 2.45) is 0 Å². The highest BCUT2D eigenvalue weighted by molar-refractivity contribution is 7.91. The number of nitrogens with zero attached hydrogens (tertiary/aromatic N) is 2. The van der Waals surface area contributed by atoms with Crippen LogP contribution in [-0.2, 0) is 14.6 Å². The van der Waals surface area contributed by atoms with Gasteiger partial charge < -0.3 is 14.7 Å². The van der Waals surface area contributed by atoms with Gasteiger partial charge in [0.2, 0.25) is 0 Å². The first-order chi connectivity index (χ1) is 9.57. The summed E-state index contributed by atoms with van der Waals surface area (Å²) in [5.74, 6) is -0.388. The Kier molecular flexibility index (Phi) is 4.20. The van der Waals surface area contributed by atoms with Gasteiger partial charge in [0.25, 0.3) is 9.84 Å². The van der Waals surface area contributed by atoms with Crippen LogP contribution in [0.2, 0.25) is 0 Å². The fourth-order valence-corrected chi connectivity index (χ4v) is 2.76. The lowest BCUT2D eigenvalue weighted by molar-refractivity contribution is -0.832. The van der Waals surface area contributed by atoms with E-state index >= 15 is 0 Å². The lowest BCUT2D eigenvalue weighted by Crippen LogP contribution is -2.31. The van der Waals surface area contributed by atoms with Crippen LogP contribution in [0.25, 0.3) is 0 Å². The third-order valence-corrected chi connectivity index (χ3v) is 4.11. The van der Waals surface area contributed by atoms with Gasteiger partial charge in [0.15, 0.2) is 0 Å². The second kappa shape index (κ2) is 5.88. The number of aromatic nitrogens is 2. The molecule has 0 saturated heterocycles. The van der Waals surface area contributed by atoms with Crippen molar-refractivity contribution in [3.05, 3.63) is 35.5 Å². The number of ether oxygens (including phenoxy) is 2. The van der Waals surface area contributed by atoms with E-state index < -0.39 is 14.9 Å². The molecule has 20 heavy (non-hydrogen) atoms. The van der Waals surface area contributed by atoms with Crippen LogP contribution in [0.3, 0.4) is 0 Å². The summed E-state index contributed by atoms with van der Waals surface area (Å²) in [6, 6.07) is 7.47. The Bertz CT molecular complexity index is 667. The van der Waals surface area contributed by atoms with Crippen molar-refractivity contribution in [2.75, 3.05) is 20.3 Å². The maximum Gasteiger partial charge on any atom is 0.415 e. The third kappa shape index (κ3) is 2.73. The van der Waals surface area contributed by atoms with Crippen LogP contribution >= 0.6 is 0 Å². The van der Waals surface area contributed by atoms with E-state index in [1.54, 1.807) is 18.2 Å². The van der Waals surface area contributed by atoms with Crippen LogP contribution in [-0.4, -0.2) is 33.9 Å². The zero-order valence-electron chi connectivity index (χ0n) is 10.6. The molecule has 0 amide bonds. The molecule has 0 unspecified atom stereocenters. The van der Waals surface area contributed by atoms with E-state index in [9.17, 15) is 13.6 Å². The Hall–Kier alpha value is -2.13. The topological polar surface area (TPSA) is 106 Å². The van der Waals surface area contributed by atoms with Gasteiger partial charge >= 0.3 is 10.9 Å². The van der Waals surface area contributed by atoms with E-state index in [0.717, 1.165) is 0 Å². The zero-order chi connectivity index (χ0) is 14.6. The van der Waals surface area contributed by atoms with Gasteiger partial charge in [-0.25, -0.2) is 8.42 Å². The molecule has 2 rings (SSSR count). The van der Waals surface area contributed by atoms with Crippen LogP contribution < -0.4 is 9.64 Å². The largest absolute Gasteiger partial charge is 0.452 e. The van der Waals surface area contributed by atoms with Crippen molar-refractivity contribution in [2.45, 2.75) is 9.92 Å². The summed E-state index contributed by atoms with van der Waals surface area (Å²) < 4.78 is 38.8. The minimum Gasteiger partial charge on any atom is -0.452 e. The number of hydrogen-bond acceptors (Lipinski definition) is 7. The smallest absolute Gasteiger partial charge is 0.415 e. The molecule has 0 aliphatic carbocycles. The molecular formula is C11H12N2O6S. The minimum atomic E-state index is -4.07. The van der Waals surface area contributed by atoms with Crippen molar-refractivity contribution in [1.82, 2.24) is 5.16 Å². The number of sulfone groups is 1. The standard InChI is InChI=1S/C11H12N2O6S/c1-17-7-8-18-10-11(13(14)19-12-10)20(15,16)9-5-3-2-4-6-9/h2-6H,7-8H2,1H3. The summed E-state index contributed by atoms with van der Waals surface area (Å²) in [6.45, 7) is 0.261. The van der Waals surface area contributed by atoms with E-state index in [1.807, 2.05) is 0 Å². The molecule has 2 aromatic rings. The maximum absolute atomic E-state index is 12.3. The number of benzene rings is 1. The predicted molar refractivity (Wildman–Crippen MR) is 64.7 cm³/mol. The molecule has 1 aromatic carbocycles. The highest BCUT2D eigenvalue weighted by Crippen LogP contribution is 2.24. The summed E-state index contributed by atoms with van der Waals surface area (Å²) in [4.78, 5) is -0.241. The molecule has 0 aliphatic rings. The van der Waals surface area contributed by atoms with Crippen molar-refractivity contribution < 1.29 is 27.4 Å². The molecule has 0 atom stereocenters. The van der Waals surface area contributed by atoms with Gasteiger partial charge in [-0.05, 0) is 17.0 Å². The second-order valence-corrected chi connectivity index (χ2v) is 5.56. The molecule has 0 fully saturated rings. The van der Waals surface area contributed by atoms with Crippen molar-refractivity contribution in [1.29, 1.82) is 0 Å². The molecular weight excluding hydrogens is 288 g/mol. The monoisotopic (exact) mass is 300 g/mol. The first-order valence-electron chi connectivity index (χ1n) is 5.59. The average Bonchev–Trinajstić information content (AvgIpc) is 2.82. The molecule has 1 aromatic heterocycles. The fraction of sp³-hybridized carbons (Fsp3) is 0.273. The molecule has 0 N–H and O–H groups in total. The minimum absolute atomic E-state index is 0.0420. The first kappa shape index (κ1) is 14.3. The summed E-state index contributed by atoms with van der Waals surface area (Å²) in [5.41, 5.74) is 0. The highest BCUT2D eigenvalue weighted by atomic mass is 32.2. The second-order valence-electron chi connectivity index (χ2n) is 3.70. The van der Waals surface area contributed by atoms with Crippen LogP contribution in [0.15, 0.2) is 44.9 Å². The van der Waals surface area contributed by atoms with Gasteiger partial charge in [0.05, 0.1) is 16.7 Å². The van der Waals surface area contributed by atoms with Gasteiger partial charge in [0.1, 0.15) is 6.61 Å². The lowest BCUT2D eigenvalue weighted by atomic mass is 10.4. The van der Waals surface area contributed by atoms with Crippen molar-refractivity contribution >= 4 is 9.84 Å².